The van der Waals surface area contributed by atoms with Crippen molar-refractivity contribution in [2.75, 3.05) is 49.7 Å². The van der Waals surface area contributed by atoms with Crippen LogP contribution in [0.25, 0.3) is 0 Å². The molecule has 27 heavy (non-hydrogen) atoms. The van der Waals surface area contributed by atoms with Crippen molar-refractivity contribution in [1.29, 1.82) is 0 Å². The van der Waals surface area contributed by atoms with Gasteiger partial charge in [-0.05, 0) is 25.0 Å². The number of ether oxygens (including phenoxy) is 1. The van der Waals surface area contributed by atoms with Crippen LogP contribution in [0.3, 0.4) is 0 Å². The molecule has 0 atom stereocenters. The van der Waals surface area contributed by atoms with Crippen LogP contribution < -0.4 is 10.6 Å². The third-order valence-corrected chi connectivity index (χ3v) is 6.01. The number of carbonyl (C=O) groups excluding carboxylic acids is 2. The number of anilines is 1. The fourth-order valence-corrected chi connectivity index (χ4v) is 4.38. The molecule has 9 heteroatoms. The highest BCUT2D eigenvalue weighted by atomic mass is 32.2. The Bertz CT molecular complexity index is 692. The Labute approximate surface area is 161 Å². The molecule has 2 N–H and O–H groups in total. The van der Waals surface area contributed by atoms with E-state index < -0.39 is 23.4 Å². The van der Waals surface area contributed by atoms with Crippen LogP contribution in [0.2, 0.25) is 0 Å². The van der Waals surface area contributed by atoms with E-state index in [0.717, 1.165) is 49.6 Å². The minimum atomic E-state index is -1.09. The summed E-state index contributed by atoms with van der Waals surface area (Å²) in [5, 5.41) is 5.00. The number of nitrogens with zero attached hydrogens (tertiary/aromatic N) is 1. The zero-order chi connectivity index (χ0) is 19.3. The minimum Gasteiger partial charge on any atom is -0.381 e. The van der Waals surface area contributed by atoms with E-state index in [2.05, 4.69) is 15.5 Å². The van der Waals surface area contributed by atoms with Gasteiger partial charge in [-0.3, -0.25) is 14.5 Å². The number of amides is 2. The van der Waals surface area contributed by atoms with Crippen LogP contribution in [-0.4, -0.2) is 66.6 Å². The lowest BCUT2D eigenvalue weighted by atomic mass is 9.87. The number of halogens is 2. The third-order valence-electron chi connectivity index (χ3n) is 5.07. The van der Waals surface area contributed by atoms with Gasteiger partial charge in [0.15, 0.2) is 11.6 Å². The molecule has 0 aromatic heterocycles. The van der Waals surface area contributed by atoms with Gasteiger partial charge in [0.25, 0.3) is 0 Å². The lowest BCUT2D eigenvalue weighted by Crippen LogP contribution is -2.61. The molecule has 1 aromatic carbocycles. The number of nitrogens with one attached hydrogen (secondary N) is 2. The Morgan fingerprint density at radius 3 is 2.48 bits per heavy atom. The quantitative estimate of drug-likeness (QED) is 0.753. The fraction of sp³-hybridized carbons (Fsp3) is 0.556. The van der Waals surface area contributed by atoms with Gasteiger partial charge in [-0.15, -0.1) is 0 Å². The van der Waals surface area contributed by atoms with E-state index in [1.54, 1.807) is 0 Å². The maximum Gasteiger partial charge on any atom is 0.313 e. The zero-order valence-electron chi connectivity index (χ0n) is 14.9. The van der Waals surface area contributed by atoms with Crippen molar-refractivity contribution in [3.63, 3.8) is 0 Å². The van der Waals surface area contributed by atoms with E-state index in [1.807, 2.05) is 11.8 Å². The number of thioether (sulfide) groups is 1. The molecule has 2 fully saturated rings. The van der Waals surface area contributed by atoms with Gasteiger partial charge in [-0.1, -0.05) is 0 Å². The van der Waals surface area contributed by atoms with Crippen LogP contribution in [0.5, 0.6) is 0 Å². The first-order valence-corrected chi connectivity index (χ1v) is 10.1. The maximum atomic E-state index is 13.2. The molecule has 3 rings (SSSR count). The van der Waals surface area contributed by atoms with Crippen molar-refractivity contribution in [3.05, 3.63) is 29.8 Å². The lowest BCUT2D eigenvalue weighted by Gasteiger charge is -2.47. The van der Waals surface area contributed by atoms with Crippen molar-refractivity contribution in [3.8, 4) is 0 Å². The molecule has 6 nitrogen and oxygen atoms in total. The Hall–Kier alpha value is -1.71. The van der Waals surface area contributed by atoms with Gasteiger partial charge in [0, 0.05) is 61.6 Å². The normalized spacial score (nSPS) is 20.1. The Morgan fingerprint density at radius 2 is 1.81 bits per heavy atom. The van der Waals surface area contributed by atoms with Crippen molar-refractivity contribution in [2.45, 2.75) is 18.4 Å². The standard InChI is InChI=1S/C18H23F2N3O3S/c19-14-2-1-13(11-15(14)20)22-17(25)16(24)21-12-18(3-7-26-8-4-18)23-5-9-27-10-6-23/h1-2,11H,3-10,12H2,(H,21,24)(H,22,25). The van der Waals surface area contributed by atoms with E-state index in [4.69, 9.17) is 4.74 Å². The summed E-state index contributed by atoms with van der Waals surface area (Å²) in [5.41, 5.74) is -0.181. The smallest absolute Gasteiger partial charge is 0.313 e. The highest BCUT2D eigenvalue weighted by Crippen LogP contribution is 2.30. The van der Waals surface area contributed by atoms with Crippen LogP contribution in [0.4, 0.5) is 14.5 Å². The number of benzene rings is 1. The Kier molecular flexibility index (Phi) is 6.67. The molecule has 0 aliphatic carbocycles. The number of carbonyl (C=O) groups is 2. The second-order valence-corrected chi connectivity index (χ2v) is 7.93. The van der Waals surface area contributed by atoms with Gasteiger partial charge in [0.2, 0.25) is 0 Å². The number of rotatable bonds is 4. The molecule has 0 saturated carbocycles. The summed E-state index contributed by atoms with van der Waals surface area (Å²) in [6.07, 6.45) is 1.59. The van der Waals surface area contributed by atoms with E-state index in [0.29, 0.717) is 19.8 Å². The first-order valence-electron chi connectivity index (χ1n) is 8.95. The largest absolute Gasteiger partial charge is 0.381 e. The Morgan fingerprint density at radius 1 is 1.11 bits per heavy atom. The first-order chi connectivity index (χ1) is 13.0. The molecule has 148 valence electrons. The lowest BCUT2D eigenvalue weighted by molar-refractivity contribution is -0.136. The van der Waals surface area contributed by atoms with Gasteiger partial charge >= 0.3 is 11.8 Å². The third kappa shape index (κ3) is 4.97. The highest BCUT2D eigenvalue weighted by Gasteiger charge is 2.39. The van der Waals surface area contributed by atoms with Crippen molar-refractivity contribution in [1.82, 2.24) is 10.2 Å². The van der Waals surface area contributed by atoms with E-state index >= 15 is 0 Å². The van der Waals surface area contributed by atoms with E-state index in [9.17, 15) is 18.4 Å². The second kappa shape index (κ2) is 8.99. The molecule has 0 radical (unpaired) electrons. The van der Waals surface area contributed by atoms with Crippen molar-refractivity contribution >= 4 is 29.3 Å². The zero-order valence-corrected chi connectivity index (χ0v) is 15.7. The van der Waals surface area contributed by atoms with Gasteiger partial charge in [0.1, 0.15) is 0 Å². The van der Waals surface area contributed by atoms with Gasteiger partial charge < -0.3 is 15.4 Å². The minimum absolute atomic E-state index is 0.0304. The predicted molar refractivity (Wildman–Crippen MR) is 99.7 cm³/mol. The molecule has 0 bridgehead atoms. The summed E-state index contributed by atoms with van der Waals surface area (Å²) in [4.78, 5) is 26.7. The summed E-state index contributed by atoms with van der Waals surface area (Å²) in [6, 6.07) is 2.94. The molecule has 2 heterocycles. The average molecular weight is 399 g/mol. The summed E-state index contributed by atoms with van der Waals surface area (Å²) >= 11 is 1.91. The molecule has 0 spiro atoms. The molecular weight excluding hydrogens is 376 g/mol. The second-order valence-electron chi connectivity index (χ2n) is 6.70. The predicted octanol–water partition coefficient (Wildman–Crippen LogP) is 1.62. The van der Waals surface area contributed by atoms with Crippen LogP contribution in [0, 0.1) is 11.6 Å². The monoisotopic (exact) mass is 399 g/mol. The maximum absolute atomic E-state index is 13.2. The molecule has 2 aliphatic rings. The molecular formula is C18H23F2N3O3S. The van der Waals surface area contributed by atoms with Crippen molar-refractivity contribution < 1.29 is 23.1 Å². The molecule has 2 saturated heterocycles. The average Bonchev–Trinajstić information content (AvgIpc) is 2.70. The topological polar surface area (TPSA) is 70.7 Å². The SMILES string of the molecule is O=C(NCC1(N2CCSCC2)CCOCC1)C(=O)Nc1ccc(F)c(F)c1. The molecule has 1 aromatic rings. The molecule has 2 aliphatic heterocycles. The van der Waals surface area contributed by atoms with Crippen molar-refractivity contribution in [2.24, 2.45) is 0 Å². The molecule has 2 amide bonds. The Balaban J connectivity index is 1.59. The summed E-state index contributed by atoms with van der Waals surface area (Å²) in [5.74, 6) is -1.70. The van der Waals surface area contributed by atoms with Gasteiger partial charge in [0.05, 0.1) is 0 Å². The van der Waals surface area contributed by atoms with Gasteiger partial charge in [-0.2, -0.15) is 11.8 Å². The summed E-state index contributed by atoms with van der Waals surface area (Å²) in [7, 11) is 0. The summed E-state index contributed by atoms with van der Waals surface area (Å²) < 4.78 is 31.7. The van der Waals surface area contributed by atoms with Crippen LogP contribution in [0.1, 0.15) is 12.8 Å². The van der Waals surface area contributed by atoms with Crippen LogP contribution in [0.15, 0.2) is 18.2 Å². The van der Waals surface area contributed by atoms with Crippen LogP contribution in [-0.2, 0) is 14.3 Å². The van der Waals surface area contributed by atoms with Gasteiger partial charge in [-0.25, -0.2) is 8.78 Å². The van der Waals surface area contributed by atoms with E-state index in [1.165, 1.54) is 6.07 Å². The molecule has 0 unspecified atom stereocenters. The number of hydrogen-bond acceptors (Lipinski definition) is 5. The highest BCUT2D eigenvalue weighted by molar-refractivity contribution is 7.99. The number of hydrogen-bond donors (Lipinski definition) is 2. The van der Waals surface area contributed by atoms with Crippen LogP contribution >= 0.6 is 11.8 Å². The van der Waals surface area contributed by atoms with E-state index in [-0.39, 0.29) is 11.2 Å². The fourth-order valence-electron chi connectivity index (χ4n) is 3.48. The first kappa shape index (κ1) is 20.0. The summed E-state index contributed by atoms with van der Waals surface area (Å²) in [6.45, 7) is 3.50.